The Labute approximate surface area is 156 Å². The number of carbonyl (C=O) groups excluding carboxylic acids is 2. The molecule has 0 atom stereocenters. The number of hydrogen-bond donors (Lipinski definition) is 1. The predicted molar refractivity (Wildman–Crippen MR) is 98.6 cm³/mol. The van der Waals surface area contributed by atoms with Crippen LogP contribution in [-0.2, 0) is 15.8 Å². The molecule has 0 spiro atoms. The van der Waals surface area contributed by atoms with Crippen LogP contribution >= 0.6 is 0 Å². The highest BCUT2D eigenvalue weighted by atomic mass is 19.4. The van der Waals surface area contributed by atoms with Crippen LogP contribution in [0.3, 0.4) is 0 Å². The molecule has 0 aliphatic heterocycles. The van der Waals surface area contributed by atoms with Crippen molar-refractivity contribution in [2.24, 2.45) is 0 Å². The molecule has 0 unspecified atom stereocenters. The summed E-state index contributed by atoms with van der Waals surface area (Å²) >= 11 is 0. The van der Waals surface area contributed by atoms with Crippen LogP contribution in [0.25, 0.3) is 0 Å². The summed E-state index contributed by atoms with van der Waals surface area (Å²) in [7, 11) is 0. The van der Waals surface area contributed by atoms with Crippen molar-refractivity contribution in [1.82, 2.24) is 0 Å². The molecule has 0 aromatic heterocycles. The van der Waals surface area contributed by atoms with Gasteiger partial charge in [-0.25, -0.2) is 0 Å². The molecule has 0 saturated heterocycles. The highest BCUT2D eigenvalue weighted by molar-refractivity contribution is 5.95. The number of hydrogen-bond acceptors (Lipinski definition) is 2. The topological polar surface area (TPSA) is 49.4 Å². The van der Waals surface area contributed by atoms with Gasteiger partial charge in [-0.3, -0.25) is 9.59 Å². The second kappa shape index (κ2) is 8.24. The SMILES string of the molecule is CC(=O)N(CCC(=O)Nc1ccc(C)c(C)c1)c1ccccc1C(F)(F)F. The van der Waals surface area contributed by atoms with Crippen LogP contribution in [0.15, 0.2) is 42.5 Å². The zero-order valence-corrected chi connectivity index (χ0v) is 15.4. The molecular formula is C20H21F3N2O2. The quantitative estimate of drug-likeness (QED) is 0.820. The molecular weight excluding hydrogens is 357 g/mol. The van der Waals surface area contributed by atoms with Crippen LogP contribution in [0.4, 0.5) is 24.5 Å². The van der Waals surface area contributed by atoms with E-state index in [1.807, 2.05) is 26.0 Å². The Morgan fingerprint density at radius 2 is 1.70 bits per heavy atom. The Balaban J connectivity index is 2.12. The van der Waals surface area contributed by atoms with Crippen molar-refractivity contribution in [3.63, 3.8) is 0 Å². The van der Waals surface area contributed by atoms with Crippen LogP contribution < -0.4 is 10.2 Å². The lowest BCUT2D eigenvalue weighted by Crippen LogP contribution is -2.33. The number of para-hydroxylation sites is 1. The van der Waals surface area contributed by atoms with E-state index in [4.69, 9.17) is 0 Å². The van der Waals surface area contributed by atoms with E-state index >= 15 is 0 Å². The van der Waals surface area contributed by atoms with E-state index < -0.39 is 17.6 Å². The monoisotopic (exact) mass is 378 g/mol. The van der Waals surface area contributed by atoms with Crippen LogP contribution in [0, 0.1) is 13.8 Å². The minimum atomic E-state index is -4.59. The lowest BCUT2D eigenvalue weighted by molar-refractivity contribution is -0.137. The third-order valence-corrected chi connectivity index (χ3v) is 4.23. The smallest absolute Gasteiger partial charge is 0.326 e. The minimum Gasteiger partial charge on any atom is -0.326 e. The van der Waals surface area contributed by atoms with Gasteiger partial charge in [-0.2, -0.15) is 13.2 Å². The second-order valence-electron chi connectivity index (χ2n) is 6.28. The first-order valence-corrected chi connectivity index (χ1v) is 8.41. The van der Waals surface area contributed by atoms with Gasteiger partial charge in [0.05, 0.1) is 11.3 Å². The fourth-order valence-electron chi connectivity index (χ4n) is 2.65. The van der Waals surface area contributed by atoms with Gasteiger partial charge in [0.2, 0.25) is 11.8 Å². The number of rotatable bonds is 5. The van der Waals surface area contributed by atoms with E-state index in [-0.39, 0.29) is 24.6 Å². The maximum Gasteiger partial charge on any atom is 0.418 e. The highest BCUT2D eigenvalue weighted by Gasteiger charge is 2.35. The molecule has 2 aromatic carbocycles. The second-order valence-corrected chi connectivity index (χ2v) is 6.28. The van der Waals surface area contributed by atoms with Crippen LogP contribution in [0.1, 0.15) is 30.0 Å². The molecule has 144 valence electrons. The summed E-state index contributed by atoms with van der Waals surface area (Å²) in [4.78, 5) is 25.1. The number of nitrogens with zero attached hydrogens (tertiary/aromatic N) is 1. The summed E-state index contributed by atoms with van der Waals surface area (Å²) < 4.78 is 39.6. The van der Waals surface area contributed by atoms with Gasteiger partial charge in [0.15, 0.2) is 0 Å². The summed E-state index contributed by atoms with van der Waals surface area (Å²) in [6.45, 7) is 4.88. The first kappa shape index (κ1) is 20.5. The van der Waals surface area contributed by atoms with Gasteiger partial charge < -0.3 is 10.2 Å². The molecule has 0 radical (unpaired) electrons. The lowest BCUT2D eigenvalue weighted by Gasteiger charge is -2.24. The molecule has 0 saturated carbocycles. The number of carbonyl (C=O) groups is 2. The third-order valence-electron chi connectivity index (χ3n) is 4.23. The van der Waals surface area contributed by atoms with E-state index in [0.717, 1.165) is 22.1 Å². The van der Waals surface area contributed by atoms with E-state index in [2.05, 4.69) is 5.32 Å². The highest BCUT2D eigenvalue weighted by Crippen LogP contribution is 2.36. The molecule has 4 nitrogen and oxygen atoms in total. The van der Waals surface area contributed by atoms with Crippen LogP contribution in [0.2, 0.25) is 0 Å². The van der Waals surface area contributed by atoms with Crippen molar-refractivity contribution in [2.75, 3.05) is 16.8 Å². The van der Waals surface area contributed by atoms with Gasteiger partial charge in [0.1, 0.15) is 0 Å². The van der Waals surface area contributed by atoms with Gasteiger partial charge in [0, 0.05) is 25.6 Å². The number of nitrogens with one attached hydrogen (secondary N) is 1. The molecule has 0 bridgehead atoms. The predicted octanol–water partition coefficient (Wildman–Crippen LogP) is 4.70. The third kappa shape index (κ3) is 5.32. The number of alkyl halides is 3. The number of halogens is 3. The summed E-state index contributed by atoms with van der Waals surface area (Å²) in [6.07, 6.45) is -4.72. The van der Waals surface area contributed by atoms with Crippen LogP contribution in [-0.4, -0.2) is 18.4 Å². The summed E-state index contributed by atoms with van der Waals surface area (Å²) in [5.41, 5.74) is 1.54. The average Bonchev–Trinajstić information content (AvgIpc) is 2.57. The van der Waals surface area contributed by atoms with Gasteiger partial charge in [-0.05, 0) is 49.2 Å². The van der Waals surface area contributed by atoms with Crippen molar-refractivity contribution in [1.29, 1.82) is 0 Å². The first-order chi connectivity index (χ1) is 12.6. The Morgan fingerprint density at radius 1 is 1.04 bits per heavy atom. The Morgan fingerprint density at radius 3 is 2.30 bits per heavy atom. The van der Waals surface area contributed by atoms with Crippen molar-refractivity contribution < 1.29 is 22.8 Å². The number of anilines is 2. The van der Waals surface area contributed by atoms with Gasteiger partial charge >= 0.3 is 6.18 Å². The summed E-state index contributed by atoms with van der Waals surface area (Å²) in [5, 5.41) is 2.70. The van der Waals surface area contributed by atoms with Crippen molar-refractivity contribution in [2.45, 2.75) is 33.4 Å². The van der Waals surface area contributed by atoms with Crippen molar-refractivity contribution in [3.8, 4) is 0 Å². The zero-order valence-electron chi connectivity index (χ0n) is 15.4. The zero-order chi connectivity index (χ0) is 20.2. The van der Waals surface area contributed by atoms with Gasteiger partial charge in [-0.1, -0.05) is 18.2 Å². The Bertz CT molecular complexity index is 847. The van der Waals surface area contributed by atoms with E-state index in [9.17, 15) is 22.8 Å². The minimum absolute atomic E-state index is 0.126. The maximum atomic E-state index is 13.2. The molecule has 1 N–H and O–H groups in total. The van der Waals surface area contributed by atoms with Crippen molar-refractivity contribution >= 4 is 23.2 Å². The molecule has 7 heteroatoms. The molecule has 2 rings (SSSR count). The fourth-order valence-corrected chi connectivity index (χ4v) is 2.65. The first-order valence-electron chi connectivity index (χ1n) is 8.41. The number of amides is 2. The molecule has 0 fully saturated rings. The normalized spacial score (nSPS) is 11.2. The van der Waals surface area contributed by atoms with Crippen LogP contribution in [0.5, 0.6) is 0 Å². The molecule has 0 heterocycles. The van der Waals surface area contributed by atoms with E-state index in [0.29, 0.717) is 5.69 Å². The molecule has 27 heavy (non-hydrogen) atoms. The maximum absolute atomic E-state index is 13.2. The van der Waals surface area contributed by atoms with Gasteiger partial charge in [-0.15, -0.1) is 0 Å². The Kier molecular flexibility index (Phi) is 6.25. The molecule has 2 amide bonds. The fraction of sp³-hybridized carbons (Fsp3) is 0.300. The van der Waals surface area contributed by atoms with Gasteiger partial charge in [0.25, 0.3) is 0 Å². The summed E-state index contributed by atoms with van der Waals surface area (Å²) in [6, 6.07) is 10.3. The molecule has 0 aliphatic rings. The standard InChI is InChI=1S/C20H21F3N2O2/c1-13-8-9-16(12-14(13)2)24-19(27)10-11-25(15(3)26)18-7-5-4-6-17(18)20(21,22)23/h4-9,12H,10-11H2,1-3H3,(H,24,27). The van der Waals surface area contributed by atoms with E-state index in [1.54, 1.807) is 6.07 Å². The molecule has 0 aliphatic carbocycles. The molecule has 2 aromatic rings. The average molecular weight is 378 g/mol. The lowest BCUT2D eigenvalue weighted by atomic mass is 10.1. The largest absolute Gasteiger partial charge is 0.418 e. The summed E-state index contributed by atoms with van der Waals surface area (Å²) in [5.74, 6) is -0.945. The van der Waals surface area contributed by atoms with E-state index in [1.165, 1.54) is 25.1 Å². The number of benzene rings is 2. The number of aryl methyl sites for hydroxylation is 2. The van der Waals surface area contributed by atoms with Crippen molar-refractivity contribution in [3.05, 3.63) is 59.2 Å². The Hall–Kier alpha value is -2.83.